The van der Waals surface area contributed by atoms with Gasteiger partial charge in [0.1, 0.15) is 5.00 Å². The summed E-state index contributed by atoms with van der Waals surface area (Å²) in [7, 11) is 0. The zero-order valence-corrected chi connectivity index (χ0v) is 10.9. The van der Waals surface area contributed by atoms with Crippen molar-refractivity contribution in [1.82, 2.24) is 10.6 Å². The van der Waals surface area contributed by atoms with Crippen LogP contribution in [0.3, 0.4) is 0 Å². The zero-order valence-electron chi connectivity index (χ0n) is 10.1. The van der Waals surface area contributed by atoms with Crippen LogP contribution in [0.15, 0.2) is 0 Å². The Morgan fingerprint density at radius 3 is 2.60 bits per heavy atom. The van der Waals surface area contributed by atoms with Gasteiger partial charge < -0.3 is 5.32 Å². The van der Waals surface area contributed by atoms with Crippen LogP contribution >= 0.6 is 11.6 Å². The van der Waals surface area contributed by atoms with Crippen molar-refractivity contribution in [1.29, 1.82) is 0 Å². The molecule has 0 radical (unpaired) electrons. The summed E-state index contributed by atoms with van der Waals surface area (Å²) >= 11 is 6.68. The first-order chi connectivity index (χ1) is 7.23. The summed E-state index contributed by atoms with van der Waals surface area (Å²) in [4.78, 5) is -0.191. The van der Waals surface area contributed by atoms with Crippen molar-refractivity contribution in [2.45, 2.75) is 63.4 Å². The maximum atomic E-state index is 6.68. The fourth-order valence-corrected chi connectivity index (χ4v) is 2.67. The molecule has 0 amide bonds. The van der Waals surface area contributed by atoms with Gasteiger partial charge in [-0.15, -0.1) is 11.6 Å². The van der Waals surface area contributed by atoms with E-state index in [-0.39, 0.29) is 5.00 Å². The van der Waals surface area contributed by atoms with Gasteiger partial charge in [0.25, 0.3) is 0 Å². The Morgan fingerprint density at radius 2 is 1.93 bits per heavy atom. The van der Waals surface area contributed by atoms with Crippen LogP contribution in [-0.2, 0) is 0 Å². The van der Waals surface area contributed by atoms with Crippen LogP contribution in [0.4, 0.5) is 0 Å². The predicted octanol–water partition coefficient (Wildman–Crippen LogP) is 2.86. The van der Waals surface area contributed by atoms with Crippen LogP contribution in [0.2, 0.25) is 0 Å². The van der Waals surface area contributed by atoms with Crippen molar-refractivity contribution >= 4 is 11.6 Å². The van der Waals surface area contributed by atoms with Crippen LogP contribution in [-0.4, -0.2) is 24.1 Å². The van der Waals surface area contributed by atoms with Crippen LogP contribution in [0.5, 0.6) is 0 Å². The third-order valence-electron chi connectivity index (χ3n) is 3.15. The average Bonchev–Trinajstić information content (AvgIpc) is 2.25. The van der Waals surface area contributed by atoms with E-state index in [2.05, 4.69) is 24.5 Å². The second-order valence-corrected chi connectivity index (χ2v) is 5.22. The summed E-state index contributed by atoms with van der Waals surface area (Å²) < 4.78 is 0. The largest absolute Gasteiger partial charge is 0.311 e. The first kappa shape index (κ1) is 13.3. The molecular weight excluding hydrogens is 208 g/mol. The van der Waals surface area contributed by atoms with E-state index in [0.717, 1.165) is 25.9 Å². The van der Waals surface area contributed by atoms with E-state index >= 15 is 0 Å². The molecule has 2 N–H and O–H groups in total. The fourth-order valence-electron chi connectivity index (χ4n) is 2.26. The number of halogens is 1. The molecule has 15 heavy (non-hydrogen) atoms. The van der Waals surface area contributed by atoms with Gasteiger partial charge in [-0.3, -0.25) is 5.32 Å². The normalized spacial score (nSPS) is 31.8. The summed E-state index contributed by atoms with van der Waals surface area (Å²) in [5.74, 6) is 0. The first-order valence-corrected chi connectivity index (χ1v) is 6.78. The van der Waals surface area contributed by atoms with Crippen LogP contribution < -0.4 is 10.6 Å². The van der Waals surface area contributed by atoms with E-state index < -0.39 is 0 Å². The molecule has 0 aliphatic heterocycles. The molecule has 1 aliphatic carbocycles. The monoisotopic (exact) mass is 232 g/mol. The minimum Gasteiger partial charge on any atom is -0.311 e. The summed E-state index contributed by atoms with van der Waals surface area (Å²) in [6.45, 7) is 6.48. The summed E-state index contributed by atoms with van der Waals surface area (Å²) in [5, 5.41) is 7.09. The molecule has 90 valence electrons. The van der Waals surface area contributed by atoms with Gasteiger partial charge in [0.15, 0.2) is 0 Å². The van der Waals surface area contributed by atoms with Gasteiger partial charge in [-0.1, -0.05) is 26.7 Å². The van der Waals surface area contributed by atoms with Gasteiger partial charge in [0, 0.05) is 6.04 Å². The third-order valence-corrected chi connectivity index (χ3v) is 3.73. The zero-order chi connectivity index (χ0) is 11.1. The molecule has 0 aromatic carbocycles. The van der Waals surface area contributed by atoms with Crippen LogP contribution in [0.1, 0.15) is 52.4 Å². The molecule has 0 bridgehead atoms. The number of nitrogens with one attached hydrogen (secondary N) is 2. The lowest BCUT2D eigenvalue weighted by molar-refractivity contribution is 0.248. The van der Waals surface area contributed by atoms with Crippen molar-refractivity contribution in [3.63, 3.8) is 0 Å². The highest BCUT2D eigenvalue weighted by Gasteiger charge is 2.37. The number of hydrogen-bond acceptors (Lipinski definition) is 2. The van der Waals surface area contributed by atoms with E-state index in [1.165, 1.54) is 25.7 Å². The quantitative estimate of drug-likeness (QED) is 0.544. The molecule has 0 spiro atoms. The van der Waals surface area contributed by atoms with Gasteiger partial charge in [-0.2, -0.15) is 0 Å². The molecule has 0 aromatic heterocycles. The predicted molar refractivity (Wildman–Crippen MR) is 67.4 cm³/mol. The maximum absolute atomic E-state index is 6.68. The van der Waals surface area contributed by atoms with Gasteiger partial charge in [0.2, 0.25) is 0 Å². The smallest absolute Gasteiger partial charge is 0.109 e. The molecule has 1 rings (SSSR count). The molecule has 0 aromatic rings. The minimum absolute atomic E-state index is 0.191. The molecule has 1 fully saturated rings. The van der Waals surface area contributed by atoms with Crippen molar-refractivity contribution in [2.75, 3.05) is 13.1 Å². The molecule has 2 nitrogen and oxygen atoms in total. The molecule has 1 aliphatic rings. The molecule has 0 heterocycles. The van der Waals surface area contributed by atoms with Gasteiger partial charge >= 0.3 is 0 Å². The summed E-state index contributed by atoms with van der Waals surface area (Å²) in [6, 6.07) is 0.444. The van der Waals surface area contributed by atoms with E-state index in [1.54, 1.807) is 0 Å². The lowest BCUT2D eigenvalue weighted by Gasteiger charge is -2.40. The molecule has 1 saturated carbocycles. The number of rotatable bonds is 6. The Bertz CT molecular complexity index is 175. The highest BCUT2D eigenvalue weighted by atomic mass is 35.5. The topological polar surface area (TPSA) is 24.1 Å². The number of alkyl halides is 1. The van der Waals surface area contributed by atoms with Crippen molar-refractivity contribution < 1.29 is 0 Å². The Hall–Kier alpha value is 0.210. The molecule has 3 heteroatoms. The maximum Gasteiger partial charge on any atom is 0.109 e. The summed E-state index contributed by atoms with van der Waals surface area (Å²) in [6.07, 6.45) is 7.19. The van der Waals surface area contributed by atoms with E-state index in [4.69, 9.17) is 11.6 Å². The lowest BCUT2D eigenvalue weighted by Crippen LogP contribution is -2.57. The van der Waals surface area contributed by atoms with Crippen molar-refractivity contribution in [3.05, 3.63) is 0 Å². The minimum atomic E-state index is -0.191. The third kappa shape index (κ3) is 3.93. The lowest BCUT2D eigenvalue weighted by atomic mass is 9.89. The second kappa shape index (κ2) is 6.72. The Balaban J connectivity index is 2.46. The average molecular weight is 233 g/mol. The van der Waals surface area contributed by atoms with Crippen LogP contribution in [0, 0.1) is 0 Å². The standard InChI is InChI=1S/C12H25ClN2/c1-3-9-14-11-7-5-6-8-12(11,13)15-10-4-2/h11,14-15H,3-10H2,1-2H3. The van der Waals surface area contributed by atoms with Crippen molar-refractivity contribution in [3.8, 4) is 0 Å². The Labute approximate surface area is 99.2 Å². The molecule has 2 unspecified atom stereocenters. The molecular formula is C12H25ClN2. The van der Waals surface area contributed by atoms with E-state index in [9.17, 15) is 0 Å². The highest BCUT2D eigenvalue weighted by Crippen LogP contribution is 2.32. The molecule has 2 atom stereocenters. The Morgan fingerprint density at radius 1 is 1.20 bits per heavy atom. The van der Waals surface area contributed by atoms with Crippen LogP contribution in [0.25, 0.3) is 0 Å². The fraction of sp³-hybridized carbons (Fsp3) is 1.00. The van der Waals surface area contributed by atoms with Gasteiger partial charge in [-0.25, -0.2) is 0 Å². The highest BCUT2D eigenvalue weighted by molar-refractivity contribution is 6.24. The summed E-state index contributed by atoms with van der Waals surface area (Å²) in [5.41, 5.74) is 0. The first-order valence-electron chi connectivity index (χ1n) is 6.40. The SMILES string of the molecule is CCCNC1CCCCC1(Cl)NCCC. The number of hydrogen-bond donors (Lipinski definition) is 2. The van der Waals surface area contributed by atoms with E-state index in [1.807, 2.05) is 0 Å². The Kier molecular flexibility index (Phi) is 5.95. The second-order valence-electron chi connectivity index (χ2n) is 4.54. The van der Waals surface area contributed by atoms with E-state index in [0.29, 0.717) is 6.04 Å². The van der Waals surface area contributed by atoms with Crippen molar-refractivity contribution in [2.24, 2.45) is 0 Å². The van der Waals surface area contributed by atoms with Gasteiger partial charge in [0.05, 0.1) is 0 Å². The molecule has 0 saturated heterocycles. The van der Waals surface area contributed by atoms with Gasteiger partial charge in [-0.05, 0) is 38.8 Å².